The fraction of sp³-hybridized carbons (Fsp3) is 0.500. The van der Waals surface area contributed by atoms with Crippen LogP contribution in [0.25, 0.3) is 0 Å². The quantitative estimate of drug-likeness (QED) is 0.807. The van der Waals surface area contributed by atoms with Gasteiger partial charge in [-0.25, -0.2) is 4.39 Å². The number of ether oxygens (including phenoxy) is 1. The third-order valence-corrected chi connectivity index (χ3v) is 3.55. The van der Waals surface area contributed by atoms with Gasteiger partial charge in [-0.3, -0.25) is 4.79 Å². The van der Waals surface area contributed by atoms with Gasteiger partial charge in [0.25, 0.3) is 5.91 Å². The monoisotopic (exact) mass is 278 g/mol. The van der Waals surface area contributed by atoms with Crippen LogP contribution >= 0.6 is 0 Å². The Kier molecular flexibility index (Phi) is 5.14. The Balaban J connectivity index is 2.18. The standard InChI is InChI=1S/C14H18BFNO3/c1-2-20-9-10-5-4-8-17(10)14(18)11-6-3-7-12(15-19)13(11)16/h3,6-7,10,19H,2,4-5,8-9H2,1H3/t10-/m1/s1. The maximum Gasteiger partial charge on any atom is 0.329 e. The van der Waals surface area contributed by atoms with Gasteiger partial charge in [0.1, 0.15) is 5.82 Å². The first-order valence-electron chi connectivity index (χ1n) is 6.83. The fourth-order valence-corrected chi connectivity index (χ4v) is 2.50. The molecule has 1 amide bonds. The second kappa shape index (κ2) is 6.86. The highest BCUT2D eigenvalue weighted by Gasteiger charge is 2.31. The molecule has 1 radical (unpaired) electrons. The largest absolute Gasteiger partial charge is 0.450 e. The van der Waals surface area contributed by atoms with E-state index in [9.17, 15) is 9.18 Å². The molecule has 0 aromatic heterocycles. The number of likely N-dealkylation sites (tertiary alicyclic amines) is 1. The number of nitrogens with zero attached hydrogens (tertiary/aromatic N) is 1. The van der Waals surface area contributed by atoms with Crippen molar-refractivity contribution < 1.29 is 18.9 Å². The highest BCUT2D eigenvalue weighted by Crippen LogP contribution is 2.21. The molecule has 1 heterocycles. The van der Waals surface area contributed by atoms with E-state index in [4.69, 9.17) is 9.76 Å². The summed E-state index contributed by atoms with van der Waals surface area (Å²) < 4.78 is 19.5. The Morgan fingerprint density at radius 2 is 2.40 bits per heavy atom. The summed E-state index contributed by atoms with van der Waals surface area (Å²) in [7, 11) is 0.674. The number of carbonyl (C=O) groups excluding carboxylic acids is 1. The molecule has 1 aromatic carbocycles. The molecule has 2 rings (SSSR count). The minimum atomic E-state index is -0.679. The van der Waals surface area contributed by atoms with Crippen molar-refractivity contribution >= 4 is 18.9 Å². The van der Waals surface area contributed by atoms with Crippen molar-refractivity contribution in [1.29, 1.82) is 0 Å². The van der Waals surface area contributed by atoms with E-state index in [1.807, 2.05) is 6.92 Å². The predicted octanol–water partition coefficient (Wildman–Crippen LogP) is 0.704. The first-order chi connectivity index (χ1) is 9.69. The van der Waals surface area contributed by atoms with Gasteiger partial charge in [-0.05, 0) is 31.3 Å². The highest BCUT2D eigenvalue weighted by molar-refractivity contribution is 6.45. The van der Waals surface area contributed by atoms with Gasteiger partial charge in [0, 0.05) is 13.2 Å². The van der Waals surface area contributed by atoms with Crippen molar-refractivity contribution in [2.75, 3.05) is 19.8 Å². The number of hydrogen-bond acceptors (Lipinski definition) is 3. The number of amides is 1. The lowest BCUT2D eigenvalue weighted by Crippen LogP contribution is -2.39. The molecule has 1 N–H and O–H groups in total. The van der Waals surface area contributed by atoms with Crippen molar-refractivity contribution in [2.45, 2.75) is 25.8 Å². The lowest BCUT2D eigenvalue weighted by atomic mass is 9.86. The van der Waals surface area contributed by atoms with Crippen LogP contribution < -0.4 is 5.46 Å². The van der Waals surface area contributed by atoms with Crippen molar-refractivity contribution in [3.8, 4) is 0 Å². The molecule has 0 saturated carbocycles. The third kappa shape index (κ3) is 3.02. The van der Waals surface area contributed by atoms with Crippen LogP contribution in [0, 0.1) is 5.82 Å². The lowest BCUT2D eigenvalue weighted by molar-refractivity contribution is 0.0561. The summed E-state index contributed by atoms with van der Waals surface area (Å²) in [4.78, 5) is 14.1. The normalized spacial score (nSPS) is 18.4. The minimum absolute atomic E-state index is 0.00334. The smallest absolute Gasteiger partial charge is 0.329 e. The van der Waals surface area contributed by atoms with Crippen LogP contribution in [-0.4, -0.2) is 49.1 Å². The Morgan fingerprint density at radius 3 is 3.10 bits per heavy atom. The Bertz CT molecular complexity index is 483. The molecular formula is C14H18BFNO3. The predicted molar refractivity (Wildman–Crippen MR) is 74.6 cm³/mol. The molecule has 6 heteroatoms. The zero-order chi connectivity index (χ0) is 14.5. The molecule has 107 valence electrons. The maximum absolute atomic E-state index is 14.1. The van der Waals surface area contributed by atoms with E-state index in [0.29, 0.717) is 27.2 Å². The molecule has 1 saturated heterocycles. The average molecular weight is 278 g/mol. The maximum atomic E-state index is 14.1. The molecule has 4 nitrogen and oxygen atoms in total. The molecule has 0 spiro atoms. The minimum Gasteiger partial charge on any atom is -0.450 e. The van der Waals surface area contributed by atoms with Gasteiger partial charge in [-0.15, -0.1) is 0 Å². The van der Waals surface area contributed by atoms with Crippen LogP contribution in [0.15, 0.2) is 18.2 Å². The number of benzene rings is 1. The summed E-state index contributed by atoms with van der Waals surface area (Å²) >= 11 is 0. The lowest BCUT2D eigenvalue weighted by Gasteiger charge is -2.25. The fourth-order valence-electron chi connectivity index (χ4n) is 2.50. The molecule has 1 aliphatic rings. The first-order valence-corrected chi connectivity index (χ1v) is 6.83. The number of rotatable bonds is 5. The van der Waals surface area contributed by atoms with Gasteiger partial charge in [-0.1, -0.05) is 12.1 Å². The summed E-state index contributed by atoms with van der Waals surface area (Å²) in [5.74, 6) is -1.02. The van der Waals surface area contributed by atoms with Crippen LogP contribution in [0.5, 0.6) is 0 Å². The Hall–Kier alpha value is -1.40. The summed E-state index contributed by atoms with van der Waals surface area (Å²) in [5.41, 5.74) is 0.0209. The Labute approximate surface area is 118 Å². The molecule has 20 heavy (non-hydrogen) atoms. The van der Waals surface area contributed by atoms with E-state index >= 15 is 0 Å². The summed E-state index contributed by atoms with van der Waals surface area (Å²) in [6.45, 7) is 3.60. The second-order valence-corrected chi connectivity index (χ2v) is 4.79. The van der Waals surface area contributed by atoms with Crippen LogP contribution in [-0.2, 0) is 4.74 Å². The van der Waals surface area contributed by atoms with E-state index in [1.165, 1.54) is 12.1 Å². The Morgan fingerprint density at radius 1 is 1.60 bits per heavy atom. The molecule has 1 fully saturated rings. The number of carbonyl (C=O) groups is 1. The highest BCUT2D eigenvalue weighted by atomic mass is 19.1. The number of hydrogen-bond donors (Lipinski definition) is 1. The van der Waals surface area contributed by atoms with Gasteiger partial charge in [0.2, 0.25) is 0 Å². The summed E-state index contributed by atoms with van der Waals surface area (Å²) in [6, 6.07) is 4.43. The SMILES string of the molecule is CCOC[C@H]1CCCN1C(=O)c1cccc([B]O)c1F. The second-order valence-electron chi connectivity index (χ2n) is 4.79. The molecule has 0 bridgehead atoms. The average Bonchev–Trinajstić information content (AvgIpc) is 2.93. The zero-order valence-corrected chi connectivity index (χ0v) is 11.5. The molecule has 0 aliphatic carbocycles. The van der Waals surface area contributed by atoms with E-state index in [1.54, 1.807) is 11.0 Å². The molecule has 0 unspecified atom stereocenters. The van der Waals surface area contributed by atoms with Gasteiger partial charge in [0.05, 0.1) is 18.2 Å². The van der Waals surface area contributed by atoms with E-state index in [2.05, 4.69) is 0 Å². The van der Waals surface area contributed by atoms with Crippen molar-refractivity contribution in [2.24, 2.45) is 0 Å². The van der Waals surface area contributed by atoms with Gasteiger partial charge < -0.3 is 14.7 Å². The van der Waals surface area contributed by atoms with Crippen LogP contribution in [0.1, 0.15) is 30.1 Å². The molecule has 1 aromatic rings. The van der Waals surface area contributed by atoms with E-state index in [0.717, 1.165) is 12.8 Å². The van der Waals surface area contributed by atoms with Crippen molar-refractivity contribution in [3.05, 3.63) is 29.6 Å². The van der Waals surface area contributed by atoms with Gasteiger partial charge >= 0.3 is 7.48 Å². The summed E-state index contributed by atoms with van der Waals surface area (Å²) in [5, 5.41) is 8.95. The van der Waals surface area contributed by atoms with Crippen LogP contribution in [0.3, 0.4) is 0 Å². The molecule has 1 aliphatic heterocycles. The van der Waals surface area contributed by atoms with E-state index in [-0.39, 0.29) is 23.0 Å². The van der Waals surface area contributed by atoms with Gasteiger partial charge in [-0.2, -0.15) is 0 Å². The van der Waals surface area contributed by atoms with Crippen LogP contribution in [0.2, 0.25) is 0 Å². The van der Waals surface area contributed by atoms with Crippen molar-refractivity contribution in [1.82, 2.24) is 4.90 Å². The molecular weight excluding hydrogens is 260 g/mol. The topological polar surface area (TPSA) is 49.8 Å². The molecule has 1 atom stereocenters. The third-order valence-electron chi connectivity index (χ3n) is 3.55. The zero-order valence-electron chi connectivity index (χ0n) is 11.5. The first kappa shape index (κ1) is 15.0. The summed E-state index contributed by atoms with van der Waals surface area (Å²) in [6.07, 6.45) is 1.77. The van der Waals surface area contributed by atoms with E-state index < -0.39 is 5.82 Å². The van der Waals surface area contributed by atoms with Crippen molar-refractivity contribution in [3.63, 3.8) is 0 Å². The van der Waals surface area contributed by atoms with Crippen LogP contribution in [0.4, 0.5) is 4.39 Å². The number of halogens is 1. The van der Waals surface area contributed by atoms with Gasteiger partial charge in [0.15, 0.2) is 0 Å².